The van der Waals surface area contributed by atoms with E-state index in [9.17, 15) is 46.3 Å². The molecule has 1 unspecified atom stereocenters. The normalized spacial score (nSPS) is 12.3. The van der Waals surface area contributed by atoms with Crippen LogP contribution in [0, 0.1) is 11.6 Å². The lowest BCUT2D eigenvalue weighted by molar-refractivity contribution is -0.152. The van der Waals surface area contributed by atoms with Crippen LogP contribution in [-0.4, -0.2) is 68.8 Å². The van der Waals surface area contributed by atoms with Crippen molar-refractivity contribution >= 4 is 57.1 Å². The highest BCUT2D eigenvalue weighted by Crippen LogP contribution is 2.29. The standard InChI is InChI=1S/C32H34ClF2N3O12S/c1-18(37-19(2)30(41)20-10-21(34)12-22(35)11-20)16-48-28(39)7-3-4-8-29(40)49-17-50-32(44)38-51(45,46)27-13-24(31(42)43)26(14-25(27)33)36-15-23-6-5-9-47-23/h5-6,9-14,18-19,36-37H,3-4,7-8,15-17H2,1-2H3,(H,38,44)(H,42,43)/t18-,19?/m1/s1. The third-order valence-corrected chi connectivity index (χ3v) is 8.61. The fraction of sp³-hybridized carbons (Fsp3) is 0.344. The lowest BCUT2D eigenvalue weighted by Gasteiger charge is -2.19. The molecule has 0 aliphatic heterocycles. The molecule has 3 aromatic rings. The number of rotatable bonds is 19. The highest BCUT2D eigenvalue weighted by Gasteiger charge is 2.26. The summed E-state index contributed by atoms with van der Waals surface area (Å²) in [6.07, 6.45) is 0.0593. The van der Waals surface area contributed by atoms with Gasteiger partial charge in [-0.25, -0.2) is 31.5 Å². The Morgan fingerprint density at radius 2 is 1.59 bits per heavy atom. The first kappa shape index (κ1) is 40.4. The third-order valence-electron chi connectivity index (χ3n) is 6.83. The number of Topliss-reactive ketones (excluding diaryl/α,β-unsaturated/α-hetero) is 1. The van der Waals surface area contributed by atoms with Gasteiger partial charge < -0.3 is 34.4 Å². The van der Waals surface area contributed by atoms with Crippen molar-refractivity contribution in [2.24, 2.45) is 0 Å². The molecule has 0 aliphatic rings. The number of esters is 2. The van der Waals surface area contributed by atoms with Gasteiger partial charge in [-0.2, -0.15) is 0 Å². The number of unbranched alkanes of at least 4 members (excludes halogenated alkanes) is 1. The zero-order valence-electron chi connectivity index (χ0n) is 27.2. The van der Waals surface area contributed by atoms with Crippen molar-refractivity contribution in [1.29, 1.82) is 0 Å². The van der Waals surface area contributed by atoms with Crippen molar-refractivity contribution in [2.75, 3.05) is 18.7 Å². The molecule has 1 aromatic heterocycles. The first-order valence-electron chi connectivity index (χ1n) is 15.2. The Hall–Kier alpha value is -5.07. The van der Waals surface area contributed by atoms with Crippen molar-refractivity contribution in [3.63, 3.8) is 0 Å². The molecule has 0 fully saturated rings. The second-order valence-corrected chi connectivity index (χ2v) is 13.0. The van der Waals surface area contributed by atoms with E-state index >= 15 is 0 Å². The maximum Gasteiger partial charge on any atom is 0.424 e. The van der Waals surface area contributed by atoms with Crippen LogP contribution in [0.3, 0.4) is 0 Å². The molecule has 0 saturated heterocycles. The molecule has 1 amide bonds. The van der Waals surface area contributed by atoms with Gasteiger partial charge in [0.15, 0.2) is 5.78 Å². The number of amides is 1. The van der Waals surface area contributed by atoms with Crippen molar-refractivity contribution in [1.82, 2.24) is 10.0 Å². The molecule has 276 valence electrons. The van der Waals surface area contributed by atoms with E-state index in [4.69, 9.17) is 25.5 Å². The van der Waals surface area contributed by atoms with Crippen molar-refractivity contribution in [2.45, 2.75) is 63.1 Å². The Bertz CT molecular complexity index is 1820. The fourth-order valence-corrected chi connectivity index (χ4v) is 5.86. The topological polar surface area (TPSA) is 217 Å². The Morgan fingerprint density at radius 1 is 0.941 bits per heavy atom. The number of halogens is 3. The zero-order valence-corrected chi connectivity index (χ0v) is 28.8. The Labute approximate surface area is 295 Å². The van der Waals surface area contributed by atoms with E-state index in [0.717, 1.165) is 24.3 Å². The molecule has 0 aliphatic carbocycles. The van der Waals surface area contributed by atoms with Gasteiger partial charge in [-0.05, 0) is 63.1 Å². The van der Waals surface area contributed by atoms with E-state index in [0.29, 0.717) is 11.8 Å². The third kappa shape index (κ3) is 13.0. The monoisotopic (exact) mass is 757 g/mol. The van der Waals surface area contributed by atoms with E-state index in [-0.39, 0.29) is 50.1 Å². The summed E-state index contributed by atoms with van der Waals surface area (Å²) in [5, 5.41) is 14.8. The maximum absolute atomic E-state index is 13.4. The summed E-state index contributed by atoms with van der Waals surface area (Å²) in [6, 6.07) is 6.25. The molecule has 0 spiro atoms. The molecule has 1 heterocycles. The molecule has 0 saturated carbocycles. The predicted molar refractivity (Wildman–Crippen MR) is 174 cm³/mol. The van der Waals surface area contributed by atoms with Gasteiger partial charge in [0.05, 0.1) is 35.1 Å². The molecule has 2 aromatic carbocycles. The number of hydrogen-bond donors (Lipinski definition) is 4. The van der Waals surface area contributed by atoms with E-state index < -0.39 is 85.8 Å². The highest BCUT2D eigenvalue weighted by atomic mass is 35.5. The predicted octanol–water partition coefficient (Wildman–Crippen LogP) is 4.79. The van der Waals surface area contributed by atoms with Crippen molar-refractivity contribution in [3.05, 3.63) is 82.3 Å². The van der Waals surface area contributed by atoms with Crippen LogP contribution in [0.4, 0.5) is 19.3 Å². The van der Waals surface area contributed by atoms with E-state index in [1.165, 1.54) is 13.2 Å². The van der Waals surface area contributed by atoms with Gasteiger partial charge in [0.1, 0.15) is 28.9 Å². The smallest absolute Gasteiger partial charge is 0.424 e. The van der Waals surface area contributed by atoms with Crippen LogP contribution in [0.5, 0.6) is 0 Å². The van der Waals surface area contributed by atoms with Gasteiger partial charge in [0.25, 0.3) is 10.0 Å². The van der Waals surface area contributed by atoms with Crippen molar-refractivity contribution in [3.8, 4) is 0 Å². The van der Waals surface area contributed by atoms with Gasteiger partial charge in [-0.1, -0.05) is 11.6 Å². The summed E-state index contributed by atoms with van der Waals surface area (Å²) in [7, 11) is -4.73. The fourth-order valence-electron chi connectivity index (χ4n) is 4.42. The van der Waals surface area contributed by atoms with E-state index in [1.54, 1.807) is 23.8 Å². The molecule has 15 nitrogen and oxygen atoms in total. The molecule has 4 N–H and O–H groups in total. The number of sulfonamides is 1. The number of benzene rings is 2. The molecular formula is C32H34ClF2N3O12S. The number of ether oxygens (including phenoxy) is 3. The molecule has 3 rings (SSSR count). The zero-order chi connectivity index (χ0) is 37.7. The van der Waals surface area contributed by atoms with Crippen LogP contribution in [0.2, 0.25) is 5.02 Å². The maximum atomic E-state index is 13.4. The number of anilines is 1. The summed E-state index contributed by atoms with van der Waals surface area (Å²) in [5.74, 6) is -4.73. The number of furan rings is 1. The number of carbonyl (C=O) groups is 5. The first-order valence-corrected chi connectivity index (χ1v) is 17.0. The second-order valence-electron chi connectivity index (χ2n) is 10.9. The van der Waals surface area contributed by atoms with E-state index in [2.05, 4.69) is 15.4 Å². The number of ketones is 1. The van der Waals surface area contributed by atoms with Crippen LogP contribution in [0.1, 0.15) is 66.0 Å². The molecular weight excluding hydrogens is 724 g/mol. The molecule has 0 bridgehead atoms. The number of nitrogens with one attached hydrogen (secondary N) is 3. The lowest BCUT2D eigenvalue weighted by Crippen LogP contribution is -2.42. The van der Waals surface area contributed by atoms with Gasteiger partial charge in [-0.3, -0.25) is 14.4 Å². The molecule has 19 heteroatoms. The number of carbonyl (C=O) groups excluding carboxylic acids is 4. The van der Waals surface area contributed by atoms with Gasteiger partial charge in [0, 0.05) is 30.5 Å². The Balaban J connectivity index is 1.34. The summed E-state index contributed by atoms with van der Waals surface area (Å²) >= 11 is 6.09. The second kappa shape index (κ2) is 18.8. The average molecular weight is 758 g/mol. The van der Waals surface area contributed by atoms with Crippen LogP contribution in [0.25, 0.3) is 0 Å². The summed E-state index contributed by atoms with van der Waals surface area (Å²) in [6.45, 7) is 2.15. The number of carboxylic acids is 1. The number of carboxylic acid groups (broad SMARTS) is 1. The van der Waals surface area contributed by atoms with Gasteiger partial charge >= 0.3 is 24.0 Å². The molecule has 0 radical (unpaired) electrons. The van der Waals surface area contributed by atoms with E-state index in [1.807, 2.05) is 0 Å². The first-order chi connectivity index (χ1) is 24.0. The van der Waals surface area contributed by atoms with Crippen molar-refractivity contribution < 1.29 is 64.9 Å². The number of hydrogen-bond acceptors (Lipinski definition) is 13. The minimum atomic E-state index is -4.73. The minimum Gasteiger partial charge on any atom is -0.478 e. The summed E-state index contributed by atoms with van der Waals surface area (Å²) in [4.78, 5) is 59.6. The average Bonchev–Trinajstić information content (AvgIpc) is 3.57. The Morgan fingerprint density at radius 3 is 2.20 bits per heavy atom. The van der Waals surface area contributed by atoms with Crippen LogP contribution in [-0.2, 0) is 40.4 Å². The van der Waals surface area contributed by atoms with Crippen LogP contribution in [0.15, 0.2) is 58.0 Å². The molecule has 51 heavy (non-hydrogen) atoms. The minimum absolute atomic E-state index is 0.0133. The van der Waals surface area contributed by atoms with Crippen LogP contribution < -0.4 is 15.4 Å². The SMILES string of the molecule is CC(N[C@H](C)COC(=O)CCCCC(=O)OCOC(=O)NS(=O)(=O)c1cc(C(=O)O)c(NCc2ccco2)cc1Cl)C(=O)c1cc(F)cc(F)c1. The largest absolute Gasteiger partial charge is 0.478 e. The Kier molecular flexibility index (Phi) is 14.9. The van der Waals surface area contributed by atoms with Gasteiger partial charge in [0.2, 0.25) is 6.79 Å². The summed E-state index contributed by atoms with van der Waals surface area (Å²) in [5.41, 5.74) is -0.621. The van der Waals surface area contributed by atoms with Gasteiger partial charge in [-0.15, -0.1) is 0 Å². The number of aromatic carboxylic acids is 1. The van der Waals surface area contributed by atoms with Crippen LogP contribution >= 0.6 is 11.6 Å². The highest BCUT2D eigenvalue weighted by molar-refractivity contribution is 7.90. The molecule has 2 atom stereocenters. The summed E-state index contributed by atoms with van der Waals surface area (Å²) < 4.78 is 73.5. The quantitative estimate of drug-likeness (QED) is 0.0560. The lowest BCUT2D eigenvalue weighted by atomic mass is 10.0.